The number of benzene rings is 1. The van der Waals surface area contributed by atoms with Gasteiger partial charge >= 0.3 is 0 Å². The number of halogens is 2. The van der Waals surface area contributed by atoms with Crippen LogP contribution in [0.15, 0.2) is 23.1 Å². The maximum absolute atomic E-state index is 11.5. The van der Waals surface area contributed by atoms with E-state index in [0.717, 1.165) is 0 Å². The van der Waals surface area contributed by atoms with E-state index in [1.54, 1.807) is 0 Å². The van der Waals surface area contributed by atoms with E-state index in [4.69, 9.17) is 28.9 Å². The van der Waals surface area contributed by atoms with Crippen molar-refractivity contribution in [2.24, 2.45) is 5.73 Å². The first-order chi connectivity index (χ1) is 6.97. The van der Waals surface area contributed by atoms with E-state index in [-0.39, 0.29) is 28.1 Å². The van der Waals surface area contributed by atoms with Crippen molar-refractivity contribution in [3.05, 3.63) is 28.2 Å². The van der Waals surface area contributed by atoms with Crippen LogP contribution in [0.25, 0.3) is 0 Å². The SMILES string of the molecule is NCCOS(=O)(=O)c1ccc(Cl)c(Cl)c1. The summed E-state index contributed by atoms with van der Waals surface area (Å²) in [6.45, 7) is 0.0587. The highest BCUT2D eigenvalue weighted by molar-refractivity contribution is 7.86. The Labute approximate surface area is 98.1 Å². The lowest BCUT2D eigenvalue weighted by Gasteiger charge is -2.05. The molecule has 0 aliphatic carbocycles. The van der Waals surface area contributed by atoms with E-state index >= 15 is 0 Å². The van der Waals surface area contributed by atoms with E-state index in [2.05, 4.69) is 4.18 Å². The lowest BCUT2D eigenvalue weighted by Crippen LogP contribution is -2.14. The monoisotopic (exact) mass is 269 g/mol. The van der Waals surface area contributed by atoms with Crippen molar-refractivity contribution in [2.45, 2.75) is 4.90 Å². The van der Waals surface area contributed by atoms with Crippen molar-refractivity contribution in [3.63, 3.8) is 0 Å². The van der Waals surface area contributed by atoms with E-state index < -0.39 is 10.1 Å². The van der Waals surface area contributed by atoms with Gasteiger partial charge in [-0.25, -0.2) is 0 Å². The largest absolute Gasteiger partial charge is 0.328 e. The smallest absolute Gasteiger partial charge is 0.297 e. The molecule has 0 saturated heterocycles. The van der Waals surface area contributed by atoms with Gasteiger partial charge in [-0.2, -0.15) is 8.42 Å². The summed E-state index contributed by atoms with van der Waals surface area (Å²) in [4.78, 5) is -0.0367. The molecule has 1 aromatic carbocycles. The van der Waals surface area contributed by atoms with Crippen LogP contribution < -0.4 is 5.73 Å². The van der Waals surface area contributed by atoms with Crippen molar-refractivity contribution >= 4 is 33.3 Å². The minimum atomic E-state index is -3.78. The van der Waals surface area contributed by atoms with Crippen molar-refractivity contribution in [1.29, 1.82) is 0 Å². The molecule has 15 heavy (non-hydrogen) atoms. The molecule has 84 valence electrons. The summed E-state index contributed by atoms with van der Waals surface area (Å²) in [5, 5.41) is 0.448. The predicted molar refractivity (Wildman–Crippen MR) is 58.7 cm³/mol. The quantitative estimate of drug-likeness (QED) is 0.845. The fourth-order valence-corrected chi connectivity index (χ4v) is 2.17. The van der Waals surface area contributed by atoms with Crippen molar-refractivity contribution < 1.29 is 12.6 Å². The Morgan fingerprint density at radius 2 is 1.93 bits per heavy atom. The second-order valence-electron chi connectivity index (χ2n) is 2.64. The Morgan fingerprint density at radius 1 is 1.27 bits per heavy atom. The molecule has 0 heterocycles. The topological polar surface area (TPSA) is 69.4 Å². The molecule has 0 bridgehead atoms. The molecule has 0 atom stereocenters. The van der Waals surface area contributed by atoms with Crippen LogP contribution in [0, 0.1) is 0 Å². The lowest BCUT2D eigenvalue weighted by molar-refractivity contribution is 0.327. The normalized spacial score (nSPS) is 11.7. The summed E-state index contributed by atoms with van der Waals surface area (Å²) >= 11 is 11.3. The van der Waals surface area contributed by atoms with E-state index in [1.165, 1.54) is 18.2 Å². The molecule has 0 radical (unpaired) electrons. The third-order valence-electron chi connectivity index (χ3n) is 1.54. The Bertz CT molecular complexity index is 447. The molecule has 0 fully saturated rings. The van der Waals surface area contributed by atoms with Crippen LogP contribution in [0.5, 0.6) is 0 Å². The minimum Gasteiger partial charge on any atom is -0.328 e. The maximum atomic E-state index is 11.5. The Morgan fingerprint density at radius 3 is 2.47 bits per heavy atom. The van der Waals surface area contributed by atoms with Crippen LogP contribution in [-0.2, 0) is 14.3 Å². The van der Waals surface area contributed by atoms with Crippen LogP contribution in [0.1, 0.15) is 0 Å². The number of nitrogens with two attached hydrogens (primary N) is 1. The van der Waals surface area contributed by atoms with Crippen LogP contribution in [0.3, 0.4) is 0 Å². The minimum absolute atomic E-state index is 0.0367. The van der Waals surface area contributed by atoms with Gasteiger partial charge < -0.3 is 5.73 Å². The summed E-state index contributed by atoms with van der Waals surface area (Å²) < 4.78 is 27.6. The van der Waals surface area contributed by atoms with Crippen LogP contribution in [0.2, 0.25) is 10.0 Å². The molecule has 7 heteroatoms. The summed E-state index contributed by atoms with van der Waals surface area (Å²) in [5.74, 6) is 0. The molecule has 1 aromatic rings. The van der Waals surface area contributed by atoms with Gasteiger partial charge in [0.05, 0.1) is 21.5 Å². The van der Waals surface area contributed by atoms with Gasteiger partial charge in [0.15, 0.2) is 0 Å². The Kier molecular flexibility index (Phi) is 4.36. The molecule has 0 unspecified atom stereocenters. The lowest BCUT2D eigenvalue weighted by atomic mass is 10.4. The van der Waals surface area contributed by atoms with E-state index in [9.17, 15) is 8.42 Å². The number of hydrogen-bond donors (Lipinski definition) is 1. The summed E-state index contributed by atoms with van der Waals surface area (Å²) in [7, 11) is -3.78. The van der Waals surface area contributed by atoms with E-state index in [1.807, 2.05) is 0 Å². The summed E-state index contributed by atoms with van der Waals surface area (Å²) in [6, 6.07) is 3.94. The molecular formula is C8H9Cl2NO3S. The van der Waals surface area contributed by atoms with Crippen LogP contribution in [-0.4, -0.2) is 21.6 Å². The first-order valence-corrected chi connectivity index (χ1v) is 6.18. The van der Waals surface area contributed by atoms with Gasteiger partial charge in [0.1, 0.15) is 0 Å². The zero-order valence-corrected chi connectivity index (χ0v) is 9.94. The third-order valence-corrected chi connectivity index (χ3v) is 3.58. The number of hydrogen-bond acceptors (Lipinski definition) is 4. The van der Waals surface area contributed by atoms with Gasteiger partial charge in [0, 0.05) is 6.54 Å². The van der Waals surface area contributed by atoms with Gasteiger partial charge in [-0.15, -0.1) is 0 Å². The first-order valence-electron chi connectivity index (χ1n) is 4.02. The predicted octanol–water partition coefficient (Wildman–Crippen LogP) is 1.66. The van der Waals surface area contributed by atoms with Crippen molar-refractivity contribution in [2.75, 3.05) is 13.2 Å². The standard InChI is InChI=1S/C8H9Cl2NO3S/c9-7-2-1-6(5-8(7)10)15(12,13)14-4-3-11/h1-2,5H,3-4,11H2. The highest BCUT2D eigenvalue weighted by atomic mass is 35.5. The van der Waals surface area contributed by atoms with Crippen LogP contribution in [0.4, 0.5) is 0 Å². The maximum Gasteiger partial charge on any atom is 0.297 e. The summed E-state index contributed by atoms with van der Waals surface area (Å²) in [6.07, 6.45) is 0. The fraction of sp³-hybridized carbons (Fsp3) is 0.250. The zero-order valence-electron chi connectivity index (χ0n) is 7.61. The molecule has 4 nitrogen and oxygen atoms in total. The van der Waals surface area contributed by atoms with Crippen molar-refractivity contribution in [1.82, 2.24) is 0 Å². The Hall–Kier alpha value is -0.330. The molecule has 2 N–H and O–H groups in total. The molecule has 0 saturated carbocycles. The summed E-state index contributed by atoms with van der Waals surface area (Å²) in [5.41, 5.74) is 5.13. The molecule has 0 spiro atoms. The molecule has 0 amide bonds. The molecule has 0 aromatic heterocycles. The van der Waals surface area contributed by atoms with Gasteiger partial charge in [-0.3, -0.25) is 4.18 Å². The Balaban J connectivity index is 3.00. The second-order valence-corrected chi connectivity index (χ2v) is 5.07. The average Bonchev–Trinajstić information content (AvgIpc) is 2.19. The third kappa shape index (κ3) is 3.32. The molecule has 0 aliphatic rings. The highest BCUT2D eigenvalue weighted by Crippen LogP contribution is 2.25. The van der Waals surface area contributed by atoms with Gasteiger partial charge in [-0.05, 0) is 18.2 Å². The molecule has 1 rings (SSSR count). The van der Waals surface area contributed by atoms with Gasteiger partial charge in [-0.1, -0.05) is 23.2 Å². The highest BCUT2D eigenvalue weighted by Gasteiger charge is 2.15. The first kappa shape index (κ1) is 12.7. The fourth-order valence-electron chi connectivity index (χ4n) is 0.858. The number of rotatable bonds is 4. The van der Waals surface area contributed by atoms with E-state index in [0.29, 0.717) is 0 Å². The second kappa shape index (κ2) is 5.14. The average molecular weight is 270 g/mol. The molecular weight excluding hydrogens is 261 g/mol. The van der Waals surface area contributed by atoms with Crippen LogP contribution >= 0.6 is 23.2 Å². The van der Waals surface area contributed by atoms with Crippen molar-refractivity contribution in [3.8, 4) is 0 Å². The zero-order chi connectivity index (χ0) is 11.5. The van der Waals surface area contributed by atoms with Gasteiger partial charge in [0.2, 0.25) is 0 Å². The molecule has 0 aliphatic heterocycles. The van der Waals surface area contributed by atoms with Gasteiger partial charge in [0.25, 0.3) is 10.1 Å².